The second kappa shape index (κ2) is 5.48. The summed E-state index contributed by atoms with van der Waals surface area (Å²) in [4.78, 5) is 0.0158. The van der Waals surface area contributed by atoms with E-state index in [-0.39, 0.29) is 10.6 Å². The number of rotatable bonds is 5. The van der Waals surface area contributed by atoms with Crippen molar-refractivity contribution in [1.82, 2.24) is 4.72 Å². The van der Waals surface area contributed by atoms with E-state index < -0.39 is 25.3 Å². The molecule has 0 saturated heterocycles. The molecule has 0 saturated carbocycles. The third-order valence-electron chi connectivity index (χ3n) is 2.66. The van der Waals surface area contributed by atoms with Gasteiger partial charge in [-0.15, -0.1) is 0 Å². The highest BCUT2D eigenvalue weighted by atomic mass is 32.2. The molecule has 0 spiro atoms. The molecule has 0 heterocycles. The zero-order valence-corrected chi connectivity index (χ0v) is 12.9. The molecule has 6 nitrogen and oxygen atoms in total. The number of aryl methyl sites for hydroxylation is 1. The normalized spacial score (nSPS) is 12.7. The predicted octanol–water partition coefficient (Wildman–Crippen LogP) is 1.05. The van der Waals surface area contributed by atoms with Crippen LogP contribution in [-0.4, -0.2) is 29.1 Å². The molecular weight excluding hydrogens is 288 g/mol. The van der Waals surface area contributed by atoms with Crippen LogP contribution in [-0.2, 0) is 20.0 Å². The minimum absolute atomic E-state index is 0.0158. The molecule has 0 aliphatic rings. The molecule has 0 aromatic heterocycles. The van der Waals surface area contributed by atoms with Crippen LogP contribution >= 0.6 is 0 Å². The molecule has 0 bridgehead atoms. The van der Waals surface area contributed by atoms with Crippen LogP contribution in [0.1, 0.15) is 19.4 Å². The summed E-state index contributed by atoms with van der Waals surface area (Å²) in [5.74, 6) is 0. The summed E-state index contributed by atoms with van der Waals surface area (Å²) in [6.07, 6.45) is 0. The zero-order valence-electron chi connectivity index (χ0n) is 11.3. The Balaban J connectivity index is 3.27. The summed E-state index contributed by atoms with van der Waals surface area (Å²) >= 11 is 0. The van der Waals surface area contributed by atoms with Gasteiger partial charge < -0.3 is 0 Å². The van der Waals surface area contributed by atoms with Crippen molar-refractivity contribution < 1.29 is 16.8 Å². The van der Waals surface area contributed by atoms with Gasteiger partial charge in [0, 0.05) is 0 Å². The first-order chi connectivity index (χ1) is 8.60. The first kappa shape index (κ1) is 15.9. The monoisotopic (exact) mass is 306 g/mol. The van der Waals surface area contributed by atoms with Crippen molar-refractivity contribution in [3.63, 3.8) is 0 Å². The maximum Gasteiger partial charge on any atom is 0.240 e. The lowest BCUT2D eigenvalue weighted by Crippen LogP contribution is -2.23. The summed E-state index contributed by atoms with van der Waals surface area (Å²) in [5.41, 5.74) is 0.921. The molecule has 2 N–H and O–H groups in total. The molecule has 0 fully saturated rings. The van der Waals surface area contributed by atoms with Gasteiger partial charge in [-0.2, -0.15) is 0 Å². The van der Waals surface area contributed by atoms with Crippen LogP contribution in [0, 0.1) is 6.92 Å². The molecule has 1 aromatic rings. The summed E-state index contributed by atoms with van der Waals surface area (Å²) in [5, 5.41) is -0.600. The van der Waals surface area contributed by atoms with Gasteiger partial charge in [0.05, 0.1) is 15.8 Å². The van der Waals surface area contributed by atoms with E-state index in [1.165, 1.54) is 19.2 Å². The average molecular weight is 306 g/mol. The third kappa shape index (κ3) is 3.68. The maximum absolute atomic E-state index is 11.8. The Kier molecular flexibility index (Phi) is 4.59. The smallest absolute Gasteiger partial charge is 0.240 e. The van der Waals surface area contributed by atoms with E-state index in [2.05, 4.69) is 9.44 Å². The Morgan fingerprint density at radius 1 is 1.11 bits per heavy atom. The minimum Gasteiger partial charge on any atom is -0.283 e. The fraction of sp³-hybridized carbons (Fsp3) is 0.455. The van der Waals surface area contributed by atoms with Crippen molar-refractivity contribution in [3.05, 3.63) is 23.8 Å². The summed E-state index contributed by atoms with van der Waals surface area (Å²) in [6.45, 7) is 4.80. The van der Waals surface area contributed by atoms with Gasteiger partial charge in [0.1, 0.15) is 0 Å². The van der Waals surface area contributed by atoms with Gasteiger partial charge in [-0.05, 0) is 45.5 Å². The molecular formula is C11H18N2O4S2. The van der Waals surface area contributed by atoms with E-state index in [0.29, 0.717) is 5.56 Å². The summed E-state index contributed by atoms with van der Waals surface area (Å²) < 4.78 is 51.6. The predicted molar refractivity (Wildman–Crippen MR) is 75.1 cm³/mol. The number of anilines is 1. The molecule has 108 valence electrons. The highest BCUT2D eigenvalue weighted by Crippen LogP contribution is 2.22. The lowest BCUT2D eigenvalue weighted by atomic mass is 10.2. The molecule has 0 amide bonds. The molecule has 0 aliphatic carbocycles. The van der Waals surface area contributed by atoms with E-state index in [4.69, 9.17) is 0 Å². The SMILES string of the molecule is CNS(=O)(=O)c1ccc(C)c(NS(=O)(=O)C(C)C)c1. The van der Waals surface area contributed by atoms with Crippen LogP contribution in [0.5, 0.6) is 0 Å². The quantitative estimate of drug-likeness (QED) is 0.850. The molecule has 1 aromatic carbocycles. The lowest BCUT2D eigenvalue weighted by Gasteiger charge is -2.14. The number of benzene rings is 1. The highest BCUT2D eigenvalue weighted by Gasteiger charge is 2.19. The van der Waals surface area contributed by atoms with Gasteiger partial charge in [-0.3, -0.25) is 4.72 Å². The number of hydrogen-bond donors (Lipinski definition) is 2. The standard InChI is InChI=1S/C11H18N2O4S2/c1-8(2)18(14,15)13-11-7-10(6-5-9(11)3)19(16,17)12-4/h5-8,12-13H,1-4H3. The van der Waals surface area contributed by atoms with Crippen LogP contribution in [0.4, 0.5) is 5.69 Å². The van der Waals surface area contributed by atoms with Gasteiger partial charge in [0.25, 0.3) is 0 Å². The topological polar surface area (TPSA) is 92.3 Å². The minimum atomic E-state index is -3.60. The van der Waals surface area contributed by atoms with Crippen molar-refractivity contribution in [3.8, 4) is 0 Å². The Morgan fingerprint density at radius 2 is 1.68 bits per heavy atom. The van der Waals surface area contributed by atoms with Crippen LogP contribution in [0.2, 0.25) is 0 Å². The van der Waals surface area contributed by atoms with Crippen molar-refractivity contribution in [2.24, 2.45) is 0 Å². The van der Waals surface area contributed by atoms with Gasteiger partial charge in [-0.25, -0.2) is 21.6 Å². The van der Waals surface area contributed by atoms with Crippen LogP contribution < -0.4 is 9.44 Å². The second-order valence-electron chi connectivity index (χ2n) is 4.38. The number of hydrogen-bond acceptors (Lipinski definition) is 4. The maximum atomic E-state index is 11.8. The molecule has 0 aliphatic heterocycles. The van der Waals surface area contributed by atoms with E-state index in [9.17, 15) is 16.8 Å². The van der Waals surface area contributed by atoms with Gasteiger partial charge in [-0.1, -0.05) is 6.07 Å². The van der Waals surface area contributed by atoms with Gasteiger partial charge >= 0.3 is 0 Å². The van der Waals surface area contributed by atoms with Crippen molar-refractivity contribution in [1.29, 1.82) is 0 Å². The van der Waals surface area contributed by atoms with E-state index in [0.717, 1.165) is 0 Å². The number of nitrogens with one attached hydrogen (secondary N) is 2. The fourth-order valence-corrected chi connectivity index (χ4v) is 2.79. The summed E-state index contributed by atoms with van der Waals surface area (Å²) in [6, 6.07) is 4.29. The second-order valence-corrected chi connectivity index (χ2v) is 8.50. The Labute approximate surface area is 114 Å². The van der Waals surface area contributed by atoms with Crippen molar-refractivity contribution in [2.75, 3.05) is 11.8 Å². The Morgan fingerprint density at radius 3 is 2.16 bits per heavy atom. The zero-order chi connectivity index (χ0) is 14.8. The molecule has 0 atom stereocenters. The van der Waals surface area contributed by atoms with Crippen LogP contribution in [0.3, 0.4) is 0 Å². The summed E-state index contributed by atoms with van der Waals surface area (Å²) in [7, 11) is -5.81. The number of sulfonamides is 2. The van der Waals surface area contributed by atoms with Crippen LogP contribution in [0.15, 0.2) is 23.1 Å². The highest BCUT2D eigenvalue weighted by molar-refractivity contribution is 7.93. The molecule has 0 radical (unpaired) electrons. The molecule has 19 heavy (non-hydrogen) atoms. The lowest BCUT2D eigenvalue weighted by molar-refractivity contribution is 0.587. The molecule has 1 rings (SSSR count). The van der Waals surface area contributed by atoms with Gasteiger partial charge in [0.2, 0.25) is 20.0 Å². The van der Waals surface area contributed by atoms with E-state index in [1.54, 1.807) is 26.8 Å². The van der Waals surface area contributed by atoms with E-state index >= 15 is 0 Å². The Hall–Kier alpha value is -1.12. The van der Waals surface area contributed by atoms with E-state index in [1.807, 2.05) is 0 Å². The molecule has 8 heteroatoms. The van der Waals surface area contributed by atoms with Crippen molar-refractivity contribution >= 4 is 25.7 Å². The fourth-order valence-electron chi connectivity index (χ4n) is 1.27. The third-order valence-corrected chi connectivity index (χ3v) is 5.82. The molecule has 0 unspecified atom stereocenters. The first-order valence-electron chi connectivity index (χ1n) is 5.66. The average Bonchev–Trinajstić information content (AvgIpc) is 2.31. The van der Waals surface area contributed by atoms with Gasteiger partial charge in [0.15, 0.2) is 0 Å². The first-order valence-corrected chi connectivity index (χ1v) is 8.69. The Bertz CT molecular complexity index is 664. The largest absolute Gasteiger partial charge is 0.283 e. The van der Waals surface area contributed by atoms with Crippen molar-refractivity contribution in [2.45, 2.75) is 30.9 Å². The van der Waals surface area contributed by atoms with Crippen LogP contribution in [0.25, 0.3) is 0 Å².